The third-order valence-corrected chi connectivity index (χ3v) is 5.51. The molecule has 1 aliphatic heterocycles. The fourth-order valence-corrected chi connectivity index (χ4v) is 3.10. The van der Waals surface area contributed by atoms with Crippen LogP contribution >= 0.6 is 0 Å². The number of nitrogens with zero attached hydrogens (tertiary/aromatic N) is 1. The zero-order chi connectivity index (χ0) is 12.2. The van der Waals surface area contributed by atoms with Gasteiger partial charge >= 0.3 is 0 Å². The summed E-state index contributed by atoms with van der Waals surface area (Å²) in [5, 5.41) is 2.92. The molecule has 1 rings (SSSR count). The summed E-state index contributed by atoms with van der Waals surface area (Å²) in [7, 11) is -0.940. The van der Waals surface area contributed by atoms with E-state index in [9.17, 15) is 8.42 Å². The molecular formula is C11H24N2O2S. The molecule has 5 heteroatoms. The van der Waals surface area contributed by atoms with Gasteiger partial charge in [0.2, 0.25) is 0 Å². The van der Waals surface area contributed by atoms with Crippen LogP contribution in [0.5, 0.6) is 0 Å². The normalized spacial score (nSPS) is 23.1. The molecule has 1 heterocycles. The molecule has 1 saturated heterocycles. The maximum Gasteiger partial charge on any atom is 0.153 e. The molecule has 0 spiro atoms. The highest BCUT2D eigenvalue weighted by molar-refractivity contribution is 7.92. The van der Waals surface area contributed by atoms with E-state index in [1.807, 2.05) is 7.05 Å². The maximum atomic E-state index is 11.7. The Morgan fingerprint density at radius 3 is 2.69 bits per heavy atom. The van der Waals surface area contributed by atoms with Crippen LogP contribution in [0.25, 0.3) is 0 Å². The van der Waals surface area contributed by atoms with Crippen LogP contribution in [0, 0.1) is 0 Å². The lowest BCUT2D eigenvalue weighted by atomic mass is 10.2. The first-order chi connectivity index (χ1) is 7.47. The van der Waals surface area contributed by atoms with E-state index >= 15 is 0 Å². The lowest BCUT2D eigenvalue weighted by Gasteiger charge is -2.24. The predicted molar refractivity (Wildman–Crippen MR) is 67.4 cm³/mol. The molecule has 0 aromatic heterocycles. The Kier molecular flexibility index (Phi) is 5.21. The van der Waals surface area contributed by atoms with Crippen molar-refractivity contribution < 1.29 is 8.42 Å². The summed E-state index contributed by atoms with van der Waals surface area (Å²) in [6.45, 7) is 6.20. The van der Waals surface area contributed by atoms with Crippen molar-refractivity contribution in [1.82, 2.24) is 10.2 Å². The van der Waals surface area contributed by atoms with Gasteiger partial charge in [-0.2, -0.15) is 0 Å². The van der Waals surface area contributed by atoms with Crippen molar-refractivity contribution in [2.75, 3.05) is 32.4 Å². The Morgan fingerprint density at radius 1 is 1.44 bits per heavy atom. The standard InChI is InChI=1S/C11H24N2O2S/c1-10(2)16(14,15)8-7-13-6-4-5-11(13)9-12-3/h10-12H,4-9H2,1-3H3. The van der Waals surface area contributed by atoms with Crippen LogP contribution in [0.4, 0.5) is 0 Å². The molecule has 16 heavy (non-hydrogen) atoms. The van der Waals surface area contributed by atoms with E-state index in [0.717, 1.165) is 13.1 Å². The molecular weight excluding hydrogens is 224 g/mol. The quantitative estimate of drug-likeness (QED) is 0.743. The van der Waals surface area contributed by atoms with Crippen molar-refractivity contribution >= 4 is 9.84 Å². The van der Waals surface area contributed by atoms with Crippen molar-refractivity contribution in [1.29, 1.82) is 0 Å². The summed E-state index contributed by atoms with van der Waals surface area (Å²) in [5.41, 5.74) is 0. The largest absolute Gasteiger partial charge is 0.318 e. The Morgan fingerprint density at radius 2 is 2.12 bits per heavy atom. The summed E-state index contributed by atoms with van der Waals surface area (Å²) in [6.07, 6.45) is 2.37. The highest BCUT2D eigenvalue weighted by atomic mass is 32.2. The summed E-state index contributed by atoms with van der Waals surface area (Å²) < 4.78 is 23.4. The first-order valence-electron chi connectivity index (χ1n) is 6.07. The minimum absolute atomic E-state index is 0.252. The number of hydrogen-bond acceptors (Lipinski definition) is 4. The molecule has 4 nitrogen and oxygen atoms in total. The van der Waals surface area contributed by atoms with Gasteiger partial charge in [0.1, 0.15) is 0 Å². The van der Waals surface area contributed by atoms with E-state index < -0.39 is 9.84 Å². The number of likely N-dealkylation sites (N-methyl/N-ethyl adjacent to an activating group) is 1. The molecule has 1 unspecified atom stereocenters. The van der Waals surface area contributed by atoms with E-state index in [2.05, 4.69) is 10.2 Å². The van der Waals surface area contributed by atoms with Crippen molar-refractivity contribution in [3.63, 3.8) is 0 Å². The van der Waals surface area contributed by atoms with Crippen LogP contribution in [-0.2, 0) is 9.84 Å². The van der Waals surface area contributed by atoms with Crippen LogP contribution in [-0.4, -0.2) is 57.0 Å². The maximum absolute atomic E-state index is 11.7. The molecule has 0 bridgehead atoms. The van der Waals surface area contributed by atoms with Crippen LogP contribution in [0.1, 0.15) is 26.7 Å². The number of sulfone groups is 1. The van der Waals surface area contributed by atoms with Crippen LogP contribution in [0.3, 0.4) is 0 Å². The molecule has 0 aromatic carbocycles. The van der Waals surface area contributed by atoms with Gasteiger partial charge < -0.3 is 5.32 Å². The summed E-state index contributed by atoms with van der Waals surface area (Å²) in [5.74, 6) is 0.297. The van der Waals surface area contributed by atoms with Crippen LogP contribution in [0.2, 0.25) is 0 Å². The van der Waals surface area contributed by atoms with Gasteiger partial charge in [-0.3, -0.25) is 4.90 Å². The smallest absolute Gasteiger partial charge is 0.153 e. The fraction of sp³-hybridized carbons (Fsp3) is 1.00. The summed E-state index contributed by atoms with van der Waals surface area (Å²) in [4.78, 5) is 2.30. The Hall–Kier alpha value is -0.130. The van der Waals surface area contributed by atoms with Crippen molar-refractivity contribution in [2.45, 2.75) is 38.0 Å². The van der Waals surface area contributed by atoms with Gasteiger partial charge in [0, 0.05) is 19.1 Å². The topological polar surface area (TPSA) is 49.4 Å². The number of likely N-dealkylation sites (tertiary alicyclic amines) is 1. The van der Waals surface area contributed by atoms with Crippen LogP contribution in [0.15, 0.2) is 0 Å². The van der Waals surface area contributed by atoms with E-state index in [1.54, 1.807) is 13.8 Å². The third-order valence-electron chi connectivity index (χ3n) is 3.32. The van der Waals surface area contributed by atoms with Gasteiger partial charge in [0.25, 0.3) is 0 Å². The summed E-state index contributed by atoms with van der Waals surface area (Å²) >= 11 is 0. The average molecular weight is 248 g/mol. The Bertz CT molecular complexity index is 301. The first-order valence-corrected chi connectivity index (χ1v) is 7.79. The van der Waals surface area contributed by atoms with Gasteiger partial charge in [-0.05, 0) is 40.3 Å². The number of nitrogens with one attached hydrogen (secondary N) is 1. The Labute approximate surface area is 99.3 Å². The first kappa shape index (κ1) is 13.9. The van der Waals surface area contributed by atoms with Gasteiger partial charge in [-0.25, -0.2) is 8.42 Å². The van der Waals surface area contributed by atoms with Gasteiger partial charge in [0.05, 0.1) is 11.0 Å². The fourth-order valence-electron chi connectivity index (χ4n) is 2.14. The highest BCUT2D eigenvalue weighted by Crippen LogP contribution is 2.16. The number of hydrogen-bond donors (Lipinski definition) is 1. The van der Waals surface area contributed by atoms with Crippen molar-refractivity contribution in [2.24, 2.45) is 0 Å². The number of rotatable bonds is 6. The monoisotopic (exact) mass is 248 g/mol. The molecule has 1 fully saturated rings. The van der Waals surface area contributed by atoms with E-state index in [0.29, 0.717) is 18.3 Å². The third kappa shape index (κ3) is 3.71. The molecule has 0 amide bonds. The van der Waals surface area contributed by atoms with E-state index in [-0.39, 0.29) is 5.25 Å². The minimum Gasteiger partial charge on any atom is -0.318 e. The van der Waals surface area contributed by atoms with Crippen molar-refractivity contribution in [3.8, 4) is 0 Å². The SMILES string of the molecule is CNCC1CCCN1CCS(=O)(=O)C(C)C. The molecule has 1 N–H and O–H groups in total. The van der Waals surface area contributed by atoms with Gasteiger partial charge in [0.15, 0.2) is 9.84 Å². The second-order valence-electron chi connectivity index (χ2n) is 4.81. The molecule has 0 radical (unpaired) electrons. The van der Waals surface area contributed by atoms with Gasteiger partial charge in [-0.15, -0.1) is 0 Å². The lowest BCUT2D eigenvalue weighted by molar-refractivity contribution is 0.264. The molecule has 1 aliphatic rings. The second-order valence-corrected chi connectivity index (χ2v) is 7.48. The highest BCUT2D eigenvalue weighted by Gasteiger charge is 2.25. The van der Waals surface area contributed by atoms with Gasteiger partial charge in [-0.1, -0.05) is 0 Å². The molecule has 1 atom stereocenters. The molecule has 0 saturated carbocycles. The second kappa shape index (κ2) is 5.98. The zero-order valence-electron chi connectivity index (χ0n) is 10.6. The van der Waals surface area contributed by atoms with E-state index in [1.165, 1.54) is 12.8 Å². The zero-order valence-corrected chi connectivity index (χ0v) is 11.4. The minimum atomic E-state index is -2.89. The summed E-state index contributed by atoms with van der Waals surface area (Å²) in [6, 6.07) is 0.521. The Balaban J connectivity index is 2.43. The average Bonchev–Trinajstić information content (AvgIpc) is 2.63. The van der Waals surface area contributed by atoms with Crippen LogP contribution < -0.4 is 5.32 Å². The molecule has 96 valence electrons. The van der Waals surface area contributed by atoms with E-state index in [4.69, 9.17) is 0 Å². The molecule has 0 aliphatic carbocycles. The van der Waals surface area contributed by atoms with Crippen molar-refractivity contribution in [3.05, 3.63) is 0 Å². The molecule has 0 aromatic rings. The lowest BCUT2D eigenvalue weighted by Crippen LogP contribution is -2.40. The predicted octanol–water partition coefficient (Wildman–Crippen LogP) is 0.493.